The van der Waals surface area contributed by atoms with Gasteiger partial charge in [0.15, 0.2) is 0 Å². The molecule has 0 heterocycles. The predicted molar refractivity (Wildman–Crippen MR) is 94.4 cm³/mol. The number of carbonyl (C=O) groups excluding carboxylic acids is 1. The Hall–Kier alpha value is -2.82. The molecule has 5 heteroatoms. The fourth-order valence-corrected chi connectivity index (χ4v) is 2.18. The summed E-state index contributed by atoms with van der Waals surface area (Å²) in [6.45, 7) is 6.74. The number of benzene rings is 2. The molecule has 0 radical (unpaired) electrons. The standard InChI is InChI=1S/C19H22N2O3/c1-19(2,3)15-8-10-16(11-9-15)21-18(24)20-12-13-4-6-14(7-5-13)17(22)23/h4-11H,12H2,1-3H3,(H,22,23)(H2,20,21,24). The van der Waals surface area contributed by atoms with Crippen molar-refractivity contribution in [2.75, 3.05) is 5.32 Å². The van der Waals surface area contributed by atoms with Crippen LogP contribution >= 0.6 is 0 Å². The van der Waals surface area contributed by atoms with Crippen LogP contribution < -0.4 is 10.6 Å². The second kappa shape index (κ2) is 7.17. The Balaban J connectivity index is 1.88. The summed E-state index contributed by atoms with van der Waals surface area (Å²) in [5, 5.41) is 14.4. The molecule has 0 aliphatic rings. The van der Waals surface area contributed by atoms with Gasteiger partial charge in [0.25, 0.3) is 0 Å². The van der Waals surface area contributed by atoms with Gasteiger partial charge < -0.3 is 15.7 Å². The van der Waals surface area contributed by atoms with Gasteiger partial charge in [-0.25, -0.2) is 9.59 Å². The average Bonchev–Trinajstić information content (AvgIpc) is 2.53. The van der Waals surface area contributed by atoms with E-state index in [1.165, 1.54) is 17.7 Å². The van der Waals surface area contributed by atoms with Crippen LogP contribution in [0.25, 0.3) is 0 Å². The number of anilines is 1. The highest BCUT2D eigenvalue weighted by Gasteiger charge is 2.13. The van der Waals surface area contributed by atoms with E-state index in [4.69, 9.17) is 5.11 Å². The van der Waals surface area contributed by atoms with Crippen LogP contribution in [0.2, 0.25) is 0 Å². The van der Waals surface area contributed by atoms with Crippen LogP contribution in [-0.2, 0) is 12.0 Å². The largest absolute Gasteiger partial charge is 0.478 e. The molecule has 2 rings (SSSR count). The van der Waals surface area contributed by atoms with Crippen molar-refractivity contribution in [2.45, 2.75) is 32.7 Å². The van der Waals surface area contributed by atoms with Gasteiger partial charge >= 0.3 is 12.0 Å². The quantitative estimate of drug-likeness (QED) is 0.794. The summed E-state index contributed by atoms with van der Waals surface area (Å²) < 4.78 is 0. The molecular weight excluding hydrogens is 304 g/mol. The zero-order valence-corrected chi connectivity index (χ0v) is 14.1. The SMILES string of the molecule is CC(C)(C)c1ccc(NC(=O)NCc2ccc(C(=O)O)cc2)cc1. The number of rotatable bonds is 4. The zero-order chi connectivity index (χ0) is 17.7. The molecule has 0 aliphatic heterocycles. The van der Waals surface area contributed by atoms with Crippen LogP contribution in [0.3, 0.4) is 0 Å². The van der Waals surface area contributed by atoms with Gasteiger partial charge in [0, 0.05) is 12.2 Å². The van der Waals surface area contributed by atoms with Crippen molar-refractivity contribution < 1.29 is 14.7 Å². The number of carboxylic acid groups (broad SMARTS) is 1. The molecule has 0 saturated heterocycles. The third kappa shape index (κ3) is 4.84. The number of amides is 2. The molecule has 0 aromatic heterocycles. The number of hydrogen-bond acceptors (Lipinski definition) is 2. The molecule has 0 aliphatic carbocycles. The fourth-order valence-electron chi connectivity index (χ4n) is 2.18. The van der Waals surface area contributed by atoms with Crippen molar-refractivity contribution in [1.29, 1.82) is 0 Å². The maximum Gasteiger partial charge on any atom is 0.335 e. The minimum absolute atomic E-state index is 0.0723. The predicted octanol–water partition coefficient (Wildman–Crippen LogP) is 4.00. The number of urea groups is 1. The van der Waals surface area contributed by atoms with Crippen molar-refractivity contribution in [3.63, 3.8) is 0 Å². The van der Waals surface area contributed by atoms with Crippen LogP contribution in [0.1, 0.15) is 42.3 Å². The van der Waals surface area contributed by atoms with E-state index in [1.807, 2.05) is 24.3 Å². The molecule has 24 heavy (non-hydrogen) atoms. The maximum atomic E-state index is 11.9. The molecule has 0 bridgehead atoms. The van der Waals surface area contributed by atoms with Crippen molar-refractivity contribution in [3.8, 4) is 0 Å². The Morgan fingerprint density at radius 2 is 1.54 bits per heavy atom. The normalized spacial score (nSPS) is 11.0. The van der Waals surface area contributed by atoms with Gasteiger partial charge in [-0.1, -0.05) is 45.0 Å². The highest BCUT2D eigenvalue weighted by atomic mass is 16.4. The van der Waals surface area contributed by atoms with Crippen molar-refractivity contribution >= 4 is 17.7 Å². The summed E-state index contributed by atoms with van der Waals surface area (Å²) in [5.41, 5.74) is 3.05. The monoisotopic (exact) mass is 326 g/mol. The molecule has 2 aromatic rings. The number of aromatic carboxylic acids is 1. The van der Waals surface area contributed by atoms with Gasteiger partial charge in [0.2, 0.25) is 0 Å². The molecule has 2 aromatic carbocycles. The first-order chi connectivity index (χ1) is 11.3. The lowest BCUT2D eigenvalue weighted by molar-refractivity contribution is 0.0697. The van der Waals surface area contributed by atoms with Crippen LogP contribution in [-0.4, -0.2) is 17.1 Å². The molecule has 2 amide bonds. The van der Waals surface area contributed by atoms with Gasteiger partial charge in [-0.15, -0.1) is 0 Å². The van der Waals surface area contributed by atoms with E-state index in [-0.39, 0.29) is 17.0 Å². The Bertz CT molecular complexity index is 714. The molecule has 5 nitrogen and oxygen atoms in total. The maximum absolute atomic E-state index is 11.9. The van der Waals surface area contributed by atoms with Crippen LogP contribution in [0.4, 0.5) is 10.5 Å². The second-order valence-corrected chi connectivity index (χ2v) is 6.64. The van der Waals surface area contributed by atoms with Crippen LogP contribution in [0.5, 0.6) is 0 Å². The lowest BCUT2D eigenvalue weighted by Crippen LogP contribution is -2.28. The van der Waals surface area contributed by atoms with E-state index in [0.717, 1.165) is 11.3 Å². The number of carboxylic acids is 1. The molecule has 0 atom stereocenters. The minimum Gasteiger partial charge on any atom is -0.478 e. The topological polar surface area (TPSA) is 78.4 Å². The van der Waals surface area contributed by atoms with Crippen LogP contribution in [0, 0.1) is 0 Å². The van der Waals surface area contributed by atoms with E-state index in [9.17, 15) is 9.59 Å². The Morgan fingerprint density at radius 1 is 0.958 bits per heavy atom. The third-order valence-electron chi connectivity index (χ3n) is 3.66. The summed E-state index contributed by atoms with van der Waals surface area (Å²) in [5.74, 6) is -0.967. The first kappa shape index (κ1) is 17.5. The molecule has 3 N–H and O–H groups in total. The smallest absolute Gasteiger partial charge is 0.335 e. The van der Waals surface area contributed by atoms with E-state index >= 15 is 0 Å². The highest BCUT2D eigenvalue weighted by molar-refractivity contribution is 5.89. The second-order valence-electron chi connectivity index (χ2n) is 6.64. The van der Waals surface area contributed by atoms with Gasteiger partial charge in [-0.2, -0.15) is 0 Å². The summed E-state index contributed by atoms with van der Waals surface area (Å²) in [6, 6.07) is 13.8. The lowest BCUT2D eigenvalue weighted by Gasteiger charge is -2.19. The summed E-state index contributed by atoms with van der Waals surface area (Å²) in [7, 11) is 0. The van der Waals surface area contributed by atoms with Gasteiger partial charge in [-0.05, 0) is 40.8 Å². The number of hydrogen-bond donors (Lipinski definition) is 3. The summed E-state index contributed by atoms with van der Waals surface area (Å²) >= 11 is 0. The van der Waals surface area contributed by atoms with E-state index in [2.05, 4.69) is 31.4 Å². The minimum atomic E-state index is -0.967. The Kier molecular flexibility index (Phi) is 5.24. The van der Waals surface area contributed by atoms with Gasteiger partial charge in [-0.3, -0.25) is 0 Å². The average molecular weight is 326 g/mol. The molecule has 0 spiro atoms. The zero-order valence-electron chi connectivity index (χ0n) is 14.1. The van der Waals surface area contributed by atoms with Crippen LogP contribution in [0.15, 0.2) is 48.5 Å². The highest BCUT2D eigenvalue weighted by Crippen LogP contribution is 2.23. The third-order valence-corrected chi connectivity index (χ3v) is 3.66. The fraction of sp³-hybridized carbons (Fsp3) is 0.263. The molecule has 0 unspecified atom stereocenters. The van der Waals surface area contributed by atoms with Crippen molar-refractivity contribution in [3.05, 3.63) is 65.2 Å². The summed E-state index contributed by atoms with van der Waals surface area (Å²) in [4.78, 5) is 22.7. The van der Waals surface area contributed by atoms with E-state index < -0.39 is 5.97 Å². The van der Waals surface area contributed by atoms with Crippen molar-refractivity contribution in [1.82, 2.24) is 5.32 Å². The Morgan fingerprint density at radius 3 is 2.04 bits per heavy atom. The Labute approximate surface area is 141 Å². The molecule has 126 valence electrons. The number of nitrogens with one attached hydrogen (secondary N) is 2. The van der Waals surface area contributed by atoms with Crippen molar-refractivity contribution in [2.24, 2.45) is 0 Å². The molecular formula is C19H22N2O3. The van der Waals surface area contributed by atoms with Gasteiger partial charge in [0.05, 0.1) is 5.56 Å². The van der Waals surface area contributed by atoms with E-state index in [1.54, 1.807) is 12.1 Å². The molecule has 0 saturated carbocycles. The van der Waals surface area contributed by atoms with E-state index in [0.29, 0.717) is 6.54 Å². The van der Waals surface area contributed by atoms with Gasteiger partial charge in [0.1, 0.15) is 0 Å². The molecule has 0 fully saturated rings. The first-order valence-corrected chi connectivity index (χ1v) is 7.73. The first-order valence-electron chi connectivity index (χ1n) is 7.73. The summed E-state index contributed by atoms with van der Waals surface area (Å²) in [6.07, 6.45) is 0. The number of carbonyl (C=O) groups is 2. The lowest BCUT2D eigenvalue weighted by atomic mass is 9.87.